The molecule has 2 aliphatic rings. The fraction of sp³-hybridized carbons (Fsp3) is 0.481. The molecule has 3 N–H and O–H groups in total. The molecule has 2 aromatic rings. The summed E-state index contributed by atoms with van der Waals surface area (Å²) in [4.78, 5) is 11.1. The van der Waals surface area contributed by atoms with Crippen LogP contribution in [0, 0.1) is 23.2 Å². The van der Waals surface area contributed by atoms with E-state index in [0.29, 0.717) is 6.42 Å². The fourth-order valence-corrected chi connectivity index (χ4v) is 5.64. The van der Waals surface area contributed by atoms with Gasteiger partial charge in [0.15, 0.2) is 0 Å². The Hall–Kier alpha value is -2.68. The lowest BCUT2D eigenvalue weighted by Crippen LogP contribution is -2.25. The maximum absolute atomic E-state index is 11.1. The lowest BCUT2D eigenvalue weighted by atomic mass is 9.80. The number of carbonyl (C=O) groups is 1. The molecule has 2 saturated carbocycles. The third-order valence-electron chi connectivity index (χ3n) is 7.70. The third kappa shape index (κ3) is 4.18. The highest BCUT2D eigenvalue weighted by molar-refractivity contribution is 5.87. The first kappa shape index (κ1) is 22.5. The topological polar surface area (TPSA) is 102 Å². The van der Waals surface area contributed by atoms with Gasteiger partial charge >= 0.3 is 5.97 Å². The summed E-state index contributed by atoms with van der Waals surface area (Å²) in [5.41, 5.74) is 3.39. The first-order chi connectivity index (χ1) is 15.4. The molecule has 0 radical (unpaired) electrons. The van der Waals surface area contributed by atoms with E-state index in [0.717, 1.165) is 48.8 Å². The number of carboxylic acid groups (broad SMARTS) is 1. The van der Waals surface area contributed by atoms with Crippen LogP contribution in [0.15, 0.2) is 48.5 Å². The van der Waals surface area contributed by atoms with Gasteiger partial charge < -0.3 is 15.3 Å². The zero-order valence-electron chi connectivity index (χ0n) is 18.4. The molecule has 3 unspecified atom stereocenters. The minimum atomic E-state index is -0.942. The average molecular weight is 434 g/mol. The lowest BCUT2D eigenvalue weighted by Gasteiger charge is -2.26. The molecular formula is C27H31NO4. The van der Waals surface area contributed by atoms with E-state index in [1.807, 2.05) is 19.1 Å². The van der Waals surface area contributed by atoms with E-state index in [9.17, 15) is 20.3 Å². The van der Waals surface area contributed by atoms with Crippen molar-refractivity contribution in [2.24, 2.45) is 11.8 Å². The van der Waals surface area contributed by atoms with Gasteiger partial charge in [0.1, 0.15) is 0 Å². The highest BCUT2D eigenvalue weighted by Crippen LogP contribution is 2.52. The normalized spacial score (nSPS) is 26.9. The quantitative estimate of drug-likeness (QED) is 0.572. The lowest BCUT2D eigenvalue weighted by molar-refractivity contribution is 0.0697. The Kier molecular flexibility index (Phi) is 6.37. The number of aliphatic hydroxyl groups is 2. The number of hydrogen-bond donors (Lipinski definition) is 3. The minimum Gasteiger partial charge on any atom is -0.478 e. The average Bonchev–Trinajstić information content (AvgIpc) is 3.56. The molecule has 2 fully saturated rings. The van der Waals surface area contributed by atoms with Crippen LogP contribution in [0.4, 0.5) is 0 Å². The standard InChI is InChI=1S/C27H31NO4/c1-2-24(30)27(13-14-27)21-10-8-18(9-11-21)25-22(20(16-28)15-23(25)29)12-5-17-3-6-19(7-4-17)26(31)32/h3-4,6-11,20,22-25,29-30H,2,5,12-15H2,1H3,(H,31,32)/t20-,22?,23+,24?,25?/m0/s1. The van der Waals surface area contributed by atoms with Crippen molar-refractivity contribution in [3.8, 4) is 6.07 Å². The van der Waals surface area contributed by atoms with Crippen LogP contribution in [0.25, 0.3) is 0 Å². The van der Waals surface area contributed by atoms with Crippen LogP contribution >= 0.6 is 0 Å². The molecule has 0 aliphatic heterocycles. The summed E-state index contributed by atoms with van der Waals surface area (Å²) in [5, 5.41) is 40.1. The Morgan fingerprint density at radius 1 is 1.16 bits per heavy atom. The van der Waals surface area contributed by atoms with Gasteiger partial charge in [0.25, 0.3) is 0 Å². The van der Waals surface area contributed by atoms with Gasteiger partial charge in [0.05, 0.1) is 29.8 Å². The van der Waals surface area contributed by atoms with Crippen LogP contribution in [0.5, 0.6) is 0 Å². The monoisotopic (exact) mass is 433 g/mol. The molecule has 2 aromatic carbocycles. The first-order valence-corrected chi connectivity index (χ1v) is 11.6. The van der Waals surface area contributed by atoms with Crippen molar-refractivity contribution < 1.29 is 20.1 Å². The maximum Gasteiger partial charge on any atom is 0.335 e. The maximum atomic E-state index is 11.1. The number of aromatic carboxylic acids is 1. The molecule has 0 saturated heterocycles. The van der Waals surface area contributed by atoms with Crippen LogP contribution in [0.3, 0.4) is 0 Å². The van der Waals surface area contributed by atoms with E-state index in [-0.39, 0.29) is 34.8 Å². The number of hydrogen-bond acceptors (Lipinski definition) is 4. The molecule has 168 valence electrons. The molecule has 0 spiro atoms. The summed E-state index contributed by atoms with van der Waals surface area (Å²) in [6.07, 6.45) is 3.84. The highest BCUT2D eigenvalue weighted by Gasteiger charge is 2.49. The fourth-order valence-electron chi connectivity index (χ4n) is 5.64. The largest absolute Gasteiger partial charge is 0.478 e. The molecule has 32 heavy (non-hydrogen) atoms. The van der Waals surface area contributed by atoms with E-state index in [1.165, 1.54) is 0 Å². The van der Waals surface area contributed by atoms with Gasteiger partial charge in [0.2, 0.25) is 0 Å². The number of nitriles is 1. The van der Waals surface area contributed by atoms with Crippen LogP contribution in [0.2, 0.25) is 0 Å². The number of benzene rings is 2. The summed E-state index contributed by atoms with van der Waals surface area (Å²) in [6.45, 7) is 2.01. The summed E-state index contributed by atoms with van der Waals surface area (Å²) < 4.78 is 0. The first-order valence-electron chi connectivity index (χ1n) is 11.6. The van der Waals surface area contributed by atoms with E-state index in [4.69, 9.17) is 5.11 Å². The Labute approximate surface area is 189 Å². The SMILES string of the molecule is CCC(O)C1(c2ccc(C3C(CCc4ccc(C(=O)O)cc4)[C@H](C#N)C[C@H]3O)cc2)CC1. The van der Waals surface area contributed by atoms with Gasteiger partial charge in [-0.05, 0) is 73.3 Å². The van der Waals surface area contributed by atoms with Crippen LogP contribution in [-0.2, 0) is 11.8 Å². The second-order valence-electron chi connectivity index (χ2n) is 9.47. The Bertz CT molecular complexity index is 988. The molecule has 2 aliphatic carbocycles. The zero-order chi connectivity index (χ0) is 22.9. The van der Waals surface area contributed by atoms with Crippen molar-refractivity contribution in [1.29, 1.82) is 5.26 Å². The van der Waals surface area contributed by atoms with Gasteiger partial charge in [-0.3, -0.25) is 0 Å². The molecule has 4 rings (SSSR count). The molecular weight excluding hydrogens is 402 g/mol. The van der Waals surface area contributed by atoms with Crippen molar-refractivity contribution in [3.63, 3.8) is 0 Å². The van der Waals surface area contributed by atoms with Gasteiger partial charge in [-0.25, -0.2) is 4.79 Å². The Morgan fingerprint density at radius 2 is 1.81 bits per heavy atom. The number of carboxylic acids is 1. The number of nitrogens with zero attached hydrogens (tertiary/aromatic N) is 1. The molecule has 5 heteroatoms. The number of aryl methyl sites for hydroxylation is 1. The molecule has 0 bridgehead atoms. The van der Waals surface area contributed by atoms with Gasteiger partial charge in [-0.15, -0.1) is 0 Å². The molecule has 0 heterocycles. The third-order valence-corrected chi connectivity index (χ3v) is 7.70. The van der Waals surface area contributed by atoms with Crippen molar-refractivity contribution in [2.45, 2.75) is 69.0 Å². The summed E-state index contributed by atoms with van der Waals surface area (Å²) in [5.74, 6) is -1.21. The van der Waals surface area contributed by atoms with Crippen molar-refractivity contribution in [2.75, 3.05) is 0 Å². The minimum absolute atomic E-state index is 0.0381. The zero-order valence-corrected chi connectivity index (χ0v) is 18.4. The second kappa shape index (κ2) is 9.05. The van der Waals surface area contributed by atoms with Gasteiger partial charge in [0, 0.05) is 11.3 Å². The number of aliphatic hydroxyl groups excluding tert-OH is 2. The van der Waals surface area contributed by atoms with Gasteiger partial charge in [-0.2, -0.15) is 5.26 Å². The van der Waals surface area contributed by atoms with Crippen LogP contribution in [0.1, 0.15) is 72.0 Å². The van der Waals surface area contributed by atoms with Crippen molar-refractivity contribution in [1.82, 2.24) is 0 Å². The van der Waals surface area contributed by atoms with Gasteiger partial charge in [-0.1, -0.05) is 43.3 Å². The second-order valence-corrected chi connectivity index (χ2v) is 9.47. The molecule has 5 nitrogen and oxygen atoms in total. The van der Waals surface area contributed by atoms with E-state index < -0.39 is 12.1 Å². The summed E-state index contributed by atoms with van der Waals surface area (Å²) in [7, 11) is 0. The Balaban J connectivity index is 1.51. The van der Waals surface area contributed by atoms with E-state index in [1.54, 1.807) is 12.1 Å². The highest BCUT2D eigenvalue weighted by atomic mass is 16.4. The molecule has 0 aromatic heterocycles. The predicted molar refractivity (Wildman–Crippen MR) is 121 cm³/mol. The van der Waals surface area contributed by atoms with Crippen LogP contribution in [-0.4, -0.2) is 33.5 Å². The van der Waals surface area contributed by atoms with E-state index >= 15 is 0 Å². The van der Waals surface area contributed by atoms with Crippen molar-refractivity contribution >= 4 is 5.97 Å². The summed E-state index contributed by atoms with van der Waals surface area (Å²) >= 11 is 0. The van der Waals surface area contributed by atoms with Crippen molar-refractivity contribution in [3.05, 3.63) is 70.8 Å². The predicted octanol–water partition coefficient (Wildman–Crippen LogP) is 4.42. The number of rotatable bonds is 8. The van der Waals surface area contributed by atoms with Crippen LogP contribution < -0.4 is 0 Å². The summed E-state index contributed by atoms with van der Waals surface area (Å²) in [6, 6.07) is 17.6. The smallest absolute Gasteiger partial charge is 0.335 e. The van der Waals surface area contributed by atoms with E-state index in [2.05, 4.69) is 30.3 Å². The Morgan fingerprint density at radius 3 is 2.34 bits per heavy atom. The molecule has 5 atom stereocenters. The molecule has 0 amide bonds.